The number of nitro groups is 1. The summed E-state index contributed by atoms with van der Waals surface area (Å²) >= 11 is 0. The van der Waals surface area contributed by atoms with Crippen LogP contribution >= 0.6 is 0 Å². The molecule has 3 aromatic heterocycles. The molecule has 9 nitrogen and oxygen atoms in total. The van der Waals surface area contributed by atoms with Crippen LogP contribution in [0.2, 0.25) is 0 Å². The molecule has 3 aromatic rings. The van der Waals surface area contributed by atoms with Crippen LogP contribution in [0.25, 0.3) is 22.6 Å². The number of rotatable bonds is 3. The maximum atomic E-state index is 11.1. The first-order valence-corrected chi connectivity index (χ1v) is 6.12. The van der Waals surface area contributed by atoms with Gasteiger partial charge in [-0.3, -0.25) is 10.1 Å². The van der Waals surface area contributed by atoms with E-state index in [1.165, 1.54) is 24.9 Å². The van der Waals surface area contributed by atoms with Gasteiger partial charge in [0.2, 0.25) is 5.82 Å². The molecule has 4 N–H and O–H groups in total. The van der Waals surface area contributed by atoms with E-state index in [1.807, 2.05) is 0 Å². The van der Waals surface area contributed by atoms with Crippen molar-refractivity contribution in [2.45, 2.75) is 0 Å². The number of anilines is 2. The Hall–Kier alpha value is -3.49. The SMILES string of the molecule is Nc1cc(-c2cc([N+](=O)[O-])c(N)nc2-c2cnco2)ccn1. The van der Waals surface area contributed by atoms with E-state index in [0.717, 1.165) is 0 Å². The lowest BCUT2D eigenvalue weighted by Gasteiger charge is -2.08. The molecule has 0 aromatic carbocycles. The molecule has 0 atom stereocenters. The van der Waals surface area contributed by atoms with Gasteiger partial charge in [0.15, 0.2) is 12.2 Å². The van der Waals surface area contributed by atoms with Crippen molar-refractivity contribution in [1.82, 2.24) is 15.0 Å². The first-order valence-electron chi connectivity index (χ1n) is 6.12. The predicted molar refractivity (Wildman–Crippen MR) is 78.4 cm³/mol. The maximum absolute atomic E-state index is 11.1. The number of pyridine rings is 2. The van der Waals surface area contributed by atoms with E-state index in [1.54, 1.807) is 12.1 Å². The minimum Gasteiger partial charge on any atom is -0.442 e. The van der Waals surface area contributed by atoms with Crippen LogP contribution in [-0.4, -0.2) is 19.9 Å². The second kappa shape index (κ2) is 5.13. The van der Waals surface area contributed by atoms with Crippen molar-refractivity contribution in [3.8, 4) is 22.6 Å². The van der Waals surface area contributed by atoms with Gasteiger partial charge in [-0.15, -0.1) is 0 Å². The zero-order valence-corrected chi connectivity index (χ0v) is 11.1. The Balaban J connectivity index is 2.30. The minimum atomic E-state index is -0.597. The van der Waals surface area contributed by atoms with Gasteiger partial charge in [0.25, 0.3) is 0 Å². The molecule has 0 saturated carbocycles. The maximum Gasteiger partial charge on any atom is 0.311 e. The third-order valence-corrected chi connectivity index (χ3v) is 2.99. The molecule has 0 aliphatic heterocycles. The van der Waals surface area contributed by atoms with Crippen molar-refractivity contribution in [3.63, 3.8) is 0 Å². The topological polar surface area (TPSA) is 147 Å². The van der Waals surface area contributed by atoms with Crippen LogP contribution < -0.4 is 11.5 Å². The van der Waals surface area contributed by atoms with Crippen molar-refractivity contribution >= 4 is 17.3 Å². The quantitative estimate of drug-likeness (QED) is 0.550. The van der Waals surface area contributed by atoms with Crippen LogP contribution in [0.15, 0.2) is 41.4 Å². The Morgan fingerprint density at radius 1 is 1.27 bits per heavy atom. The van der Waals surface area contributed by atoms with Gasteiger partial charge < -0.3 is 15.9 Å². The van der Waals surface area contributed by atoms with E-state index >= 15 is 0 Å². The molecule has 3 rings (SSSR count). The number of nitrogen functional groups attached to an aromatic ring is 2. The highest BCUT2D eigenvalue weighted by Gasteiger charge is 2.21. The molecule has 3 heterocycles. The van der Waals surface area contributed by atoms with Crippen LogP contribution in [0.5, 0.6) is 0 Å². The van der Waals surface area contributed by atoms with Gasteiger partial charge in [0, 0.05) is 17.8 Å². The average molecular weight is 298 g/mol. The molecule has 0 aliphatic carbocycles. The van der Waals surface area contributed by atoms with Gasteiger partial charge in [-0.2, -0.15) is 0 Å². The summed E-state index contributed by atoms with van der Waals surface area (Å²) in [5.74, 6) is 0.412. The number of hydrogen-bond donors (Lipinski definition) is 2. The summed E-state index contributed by atoms with van der Waals surface area (Å²) in [5.41, 5.74) is 12.4. The summed E-state index contributed by atoms with van der Waals surface area (Å²) in [7, 11) is 0. The fourth-order valence-electron chi connectivity index (χ4n) is 2.02. The number of nitrogens with two attached hydrogens (primary N) is 2. The highest BCUT2D eigenvalue weighted by Crippen LogP contribution is 2.35. The Bertz CT molecular complexity index is 847. The largest absolute Gasteiger partial charge is 0.442 e. The van der Waals surface area contributed by atoms with Gasteiger partial charge in [-0.25, -0.2) is 15.0 Å². The fraction of sp³-hybridized carbons (Fsp3) is 0. The molecular formula is C13H10N6O3. The normalized spacial score (nSPS) is 10.5. The number of oxazole rings is 1. The van der Waals surface area contributed by atoms with E-state index in [-0.39, 0.29) is 17.3 Å². The van der Waals surface area contributed by atoms with Gasteiger partial charge in [0.1, 0.15) is 11.5 Å². The van der Waals surface area contributed by atoms with Crippen LogP contribution in [-0.2, 0) is 0 Å². The molecule has 0 fully saturated rings. The molecule has 0 spiro atoms. The van der Waals surface area contributed by atoms with Crippen LogP contribution in [0.4, 0.5) is 17.3 Å². The highest BCUT2D eigenvalue weighted by atomic mass is 16.6. The molecule has 0 radical (unpaired) electrons. The summed E-state index contributed by atoms with van der Waals surface area (Å²) in [6.45, 7) is 0. The van der Waals surface area contributed by atoms with Gasteiger partial charge in [0.05, 0.1) is 11.1 Å². The Labute approximate surface area is 123 Å². The smallest absolute Gasteiger partial charge is 0.311 e. The van der Waals surface area contributed by atoms with E-state index in [2.05, 4.69) is 15.0 Å². The van der Waals surface area contributed by atoms with Crippen LogP contribution in [0.1, 0.15) is 0 Å². The molecular weight excluding hydrogens is 288 g/mol. The predicted octanol–water partition coefficient (Wildman–Crippen LogP) is 1.87. The summed E-state index contributed by atoms with van der Waals surface area (Å²) in [5, 5.41) is 11.1. The first-order chi connectivity index (χ1) is 10.6. The summed E-state index contributed by atoms with van der Waals surface area (Å²) in [4.78, 5) is 22.3. The standard InChI is InChI=1S/C13H10N6O3/c14-11-3-7(1-2-17-11)8-4-9(19(20)21)13(15)18-12(8)10-5-16-6-22-10/h1-6H,(H2,14,17)(H2,15,18). The Morgan fingerprint density at radius 2 is 2.09 bits per heavy atom. The molecule has 22 heavy (non-hydrogen) atoms. The number of nitrogens with zero attached hydrogens (tertiary/aromatic N) is 4. The minimum absolute atomic E-state index is 0.206. The summed E-state index contributed by atoms with van der Waals surface area (Å²) < 4.78 is 5.22. The molecule has 110 valence electrons. The monoisotopic (exact) mass is 298 g/mol. The van der Waals surface area contributed by atoms with Crippen molar-refractivity contribution in [2.75, 3.05) is 11.5 Å². The van der Waals surface area contributed by atoms with Gasteiger partial charge >= 0.3 is 5.69 Å². The molecule has 0 saturated heterocycles. The van der Waals surface area contributed by atoms with E-state index in [0.29, 0.717) is 22.6 Å². The second-order valence-electron chi connectivity index (χ2n) is 4.38. The summed E-state index contributed by atoms with van der Waals surface area (Å²) in [6.07, 6.45) is 4.18. The summed E-state index contributed by atoms with van der Waals surface area (Å²) in [6, 6.07) is 4.57. The van der Waals surface area contributed by atoms with Gasteiger partial charge in [-0.05, 0) is 17.7 Å². The fourth-order valence-corrected chi connectivity index (χ4v) is 2.02. The van der Waals surface area contributed by atoms with Crippen molar-refractivity contribution in [3.05, 3.63) is 47.1 Å². The highest BCUT2D eigenvalue weighted by molar-refractivity contribution is 5.83. The van der Waals surface area contributed by atoms with Crippen molar-refractivity contribution < 1.29 is 9.34 Å². The van der Waals surface area contributed by atoms with Crippen molar-refractivity contribution in [1.29, 1.82) is 0 Å². The lowest BCUT2D eigenvalue weighted by molar-refractivity contribution is -0.384. The van der Waals surface area contributed by atoms with E-state index in [4.69, 9.17) is 15.9 Å². The molecule has 9 heteroatoms. The lowest BCUT2D eigenvalue weighted by atomic mass is 10.0. The van der Waals surface area contributed by atoms with E-state index < -0.39 is 4.92 Å². The van der Waals surface area contributed by atoms with Gasteiger partial charge in [-0.1, -0.05) is 0 Å². The molecule has 0 amide bonds. The van der Waals surface area contributed by atoms with Crippen molar-refractivity contribution in [2.24, 2.45) is 0 Å². The zero-order chi connectivity index (χ0) is 15.7. The third kappa shape index (κ3) is 2.30. The number of aromatic nitrogens is 3. The van der Waals surface area contributed by atoms with E-state index in [9.17, 15) is 10.1 Å². The van der Waals surface area contributed by atoms with Crippen LogP contribution in [0, 0.1) is 10.1 Å². The molecule has 0 bridgehead atoms. The molecule has 0 aliphatic rings. The lowest BCUT2D eigenvalue weighted by Crippen LogP contribution is -2.02. The first kappa shape index (κ1) is 13.5. The molecule has 0 unspecified atom stereocenters. The average Bonchev–Trinajstić information content (AvgIpc) is 3.00. The van der Waals surface area contributed by atoms with Crippen LogP contribution in [0.3, 0.4) is 0 Å². The Kier molecular flexibility index (Phi) is 3.14. The number of hydrogen-bond acceptors (Lipinski definition) is 8. The second-order valence-corrected chi connectivity index (χ2v) is 4.38. The Morgan fingerprint density at radius 3 is 2.73 bits per heavy atom. The zero-order valence-electron chi connectivity index (χ0n) is 11.1. The third-order valence-electron chi connectivity index (χ3n) is 2.99.